The van der Waals surface area contributed by atoms with Crippen LogP contribution in [0.2, 0.25) is 0 Å². The number of hydrogen-bond donors (Lipinski definition) is 1. The van der Waals surface area contributed by atoms with Gasteiger partial charge in [-0.3, -0.25) is 4.79 Å². The van der Waals surface area contributed by atoms with E-state index in [2.05, 4.69) is 5.32 Å². The van der Waals surface area contributed by atoms with E-state index in [-0.39, 0.29) is 23.8 Å². The van der Waals surface area contributed by atoms with Crippen LogP contribution in [0.5, 0.6) is 0 Å². The fraction of sp³-hybridized carbons (Fsp3) is 0.478. The Hall–Kier alpha value is -2.36. The molecule has 1 atom stereocenters. The second-order valence-electron chi connectivity index (χ2n) is 7.99. The third-order valence-corrected chi connectivity index (χ3v) is 5.98. The highest BCUT2D eigenvalue weighted by Gasteiger charge is 2.39. The van der Waals surface area contributed by atoms with Gasteiger partial charge in [0.15, 0.2) is 5.78 Å². The molecule has 0 radical (unpaired) electrons. The molecule has 1 saturated carbocycles. The van der Waals surface area contributed by atoms with E-state index < -0.39 is 0 Å². The molecule has 4 nitrogen and oxygen atoms in total. The van der Waals surface area contributed by atoms with Gasteiger partial charge in [-0.15, -0.1) is 0 Å². The van der Waals surface area contributed by atoms with Crippen molar-refractivity contribution >= 4 is 11.8 Å². The molecular weight excluding hydrogens is 338 g/mol. The van der Waals surface area contributed by atoms with Gasteiger partial charge in [-0.25, -0.2) is 4.79 Å². The molecule has 1 heterocycles. The van der Waals surface area contributed by atoms with Crippen molar-refractivity contribution in [1.29, 1.82) is 0 Å². The van der Waals surface area contributed by atoms with Crippen LogP contribution in [-0.2, 0) is 14.3 Å². The zero-order valence-corrected chi connectivity index (χ0v) is 16.1. The minimum Gasteiger partial charge on any atom is -0.459 e. The lowest BCUT2D eigenvalue weighted by atomic mass is 9.75. The molecule has 0 spiro atoms. The van der Waals surface area contributed by atoms with Crippen LogP contribution in [0.25, 0.3) is 0 Å². The average Bonchev–Trinajstić information content (AvgIpc) is 3.14. The van der Waals surface area contributed by atoms with Gasteiger partial charge in [-0.1, -0.05) is 29.8 Å². The molecule has 0 bridgehead atoms. The summed E-state index contributed by atoms with van der Waals surface area (Å²) in [5.74, 6) is -0.459. The van der Waals surface area contributed by atoms with Gasteiger partial charge in [-0.05, 0) is 57.9 Å². The molecule has 27 heavy (non-hydrogen) atoms. The molecule has 1 unspecified atom stereocenters. The van der Waals surface area contributed by atoms with Crippen LogP contribution in [-0.4, -0.2) is 17.9 Å². The lowest BCUT2D eigenvalue weighted by molar-refractivity contribution is -0.144. The molecule has 2 aliphatic carbocycles. The van der Waals surface area contributed by atoms with E-state index in [1.807, 2.05) is 38.1 Å². The standard InChI is InChI=1S/C23H27NO3/c1-14-10-12-16(13-11-14)21-20(23(26)27-17-6-3-4-7-17)15(2)24-18-8-5-9-19(25)22(18)21/h10-13,17,21,24H,3-9H2,1-2H3. The summed E-state index contributed by atoms with van der Waals surface area (Å²) in [6.07, 6.45) is 6.38. The van der Waals surface area contributed by atoms with Crippen LogP contribution in [0.15, 0.2) is 46.8 Å². The zero-order valence-electron chi connectivity index (χ0n) is 16.1. The highest BCUT2D eigenvalue weighted by molar-refractivity contribution is 6.03. The van der Waals surface area contributed by atoms with Gasteiger partial charge in [0, 0.05) is 29.3 Å². The van der Waals surface area contributed by atoms with E-state index in [0.29, 0.717) is 12.0 Å². The minimum atomic E-state index is -0.330. The van der Waals surface area contributed by atoms with Crippen LogP contribution in [0.3, 0.4) is 0 Å². The lowest BCUT2D eigenvalue weighted by Crippen LogP contribution is -2.35. The topological polar surface area (TPSA) is 55.4 Å². The zero-order chi connectivity index (χ0) is 19.0. The van der Waals surface area contributed by atoms with E-state index in [1.54, 1.807) is 0 Å². The molecule has 1 aromatic rings. The molecule has 142 valence electrons. The van der Waals surface area contributed by atoms with E-state index in [4.69, 9.17) is 4.74 Å². The number of benzene rings is 1. The van der Waals surface area contributed by atoms with Crippen LogP contribution >= 0.6 is 0 Å². The highest BCUT2D eigenvalue weighted by atomic mass is 16.5. The van der Waals surface area contributed by atoms with E-state index in [0.717, 1.165) is 66.6 Å². The number of esters is 1. The minimum absolute atomic E-state index is 0.00824. The summed E-state index contributed by atoms with van der Waals surface area (Å²) >= 11 is 0. The first-order valence-electron chi connectivity index (χ1n) is 10.1. The first kappa shape index (κ1) is 18.0. The van der Waals surface area contributed by atoms with Crippen molar-refractivity contribution in [3.05, 3.63) is 57.9 Å². The molecule has 4 rings (SSSR count). The molecule has 0 saturated heterocycles. The summed E-state index contributed by atoms with van der Waals surface area (Å²) in [6, 6.07) is 8.15. The first-order valence-corrected chi connectivity index (χ1v) is 10.1. The number of ketones is 1. The molecule has 1 aromatic carbocycles. The molecule has 1 aliphatic heterocycles. The summed E-state index contributed by atoms with van der Waals surface area (Å²) in [5.41, 5.74) is 5.30. The third kappa shape index (κ3) is 3.45. The van der Waals surface area contributed by atoms with Crippen LogP contribution in [0, 0.1) is 6.92 Å². The molecule has 3 aliphatic rings. The van der Waals surface area contributed by atoms with Crippen molar-refractivity contribution in [2.24, 2.45) is 0 Å². The Balaban J connectivity index is 1.75. The Bertz CT molecular complexity index is 826. The van der Waals surface area contributed by atoms with Crippen molar-refractivity contribution in [3.8, 4) is 0 Å². The average molecular weight is 365 g/mol. The summed E-state index contributed by atoms with van der Waals surface area (Å²) in [5, 5.41) is 3.35. The number of carbonyl (C=O) groups excluding carboxylic acids is 2. The molecule has 4 heteroatoms. The Labute approximate surface area is 160 Å². The number of dihydropyridines is 1. The Morgan fingerprint density at radius 3 is 2.44 bits per heavy atom. The summed E-state index contributed by atoms with van der Waals surface area (Å²) in [6.45, 7) is 3.97. The molecule has 0 aromatic heterocycles. The number of allylic oxidation sites excluding steroid dienone is 3. The predicted molar refractivity (Wildman–Crippen MR) is 104 cm³/mol. The largest absolute Gasteiger partial charge is 0.459 e. The van der Waals surface area contributed by atoms with Crippen molar-refractivity contribution in [2.75, 3.05) is 0 Å². The van der Waals surface area contributed by atoms with Gasteiger partial charge in [-0.2, -0.15) is 0 Å². The number of aryl methyl sites for hydroxylation is 1. The Kier molecular flexibility index (Phi) is 4.90. The van der Waals surface area contributed by atoms with Gasteiger partial charge in [0.25, 0.3) is 0 Å². The van der Waals surface area contributed by atoms with Gasteiger partial charge >= 0.3 is 5.97 Å². The van der Waals surface area contributed by atoms with E-state index in [1.165, 1.54) is 0 Å². The fourth-order valence-electron chi connectivity index (χ4n) is 4.57. The van der Waals surface area contributed by atoms with Crippen molar-refractivity contribution < 1.29 is 14.3 Å². The third-order valence-electron chi connectivity index (χ3n) is 5.98. The fourth-order valence-corrected chi connectivity index (χ4v) is 4.57. The lowest BCUT2D eigenvalue weighted by Gasteiger charge is -2.34. The van der Waals surface area contributed by atoms with E-state index >= 15 is 0 Å². The maximum atomic E-state index is 13.1. The number of hydrogen-bond acceptors (Lipinski definition) is 4. The predicted octanol–water partition coefficient (Wildman–Crippen LogP) is 4.45. The number of ether oxygens (including phenoxy) is 1. The summed E-state index contributed by atoms with van der Waals surface area (Å²) in [4.78, 5) is 26.0. The number of rotatable bonds is 3. The van der Waals surface area contributed by atoms with Crippen LogP contribution in [0.1, 0.15) is 68.9 Å². The second-order valence-corrected chi connectivity index (χ2v) is 7.99. The monoisotopic (exact) mass is 365 g/mol. The molecule has 1 fully saturated rings. The molecular formula is C23H27NO3. The van der Waals surface area contributed by atoms with Gasteiger partial charge < -0.3 is 10.1 Å². The molecule has 1 N–H and O–H groups in total. The van der Waals surface area contributed by atoms with Gasteiger partial charge in [0.1, 0.15) is 6.10 Å². The summed E-state index contributed by atoms with van der Waals surface area (Å²) in [7, 11) is 0. The summed E-state index contributed by atoms with van der Waals surface area (Å²) < 4.78 is 5.84. The number of carbonyl (C=O) groups is 2. The second kappa shape index (κ2) is 7.34. The van der Waals surface area contributed by atoms with Crippen molar-refractivity contribution in [1.82, 2.24) is 5.32 Å². The maximum absolute atomic E-state index is 13.1. The smallest absolute Gasteiger partial charge is 0.337 e. The normalized spacial score (nSPS) is 23.3. The Morgan fingerprint density at radius 2 is 1.74 bits per heavy atom. The number of Topliss-reactive ketones (excluding diaryl/α,β-unsaturated/α-hetero) is 1. The maximum Gasteiger partial charge on any atom is 0.337 e. The van der Waals surface area contributed by atoms with Crippen molar-refractivity contribution in [2.45, 2.75) is 70.8 Å². The van der Waals surface area contributed by atoms with Crippen molar-refractivity contribution in [3.63, 3.8) is 0 Å². The van der Waals surface area contributed by atoms with Gasteiger partial charge in [0.05, 0.1) is 5.57 Å². The molecule has 0 amide bonds. The first-order chi connectivity index (χ1) is 13.0. The van der Waals surface area contributed by atoms with Gasteiger partial charge in [0.2, 0.25) is 0 Å². The van der Waals surface area contributed by atoms with Crippen LogP contribution < -0.4 is 5.32 Å². The quantitative estimate of drug-likeness (QED) is 0.804. The Morgan fingerprint density at radius 1 is 1.04 bits per heavy atom. The highest BCUT2D eigenvalue weighted by Crippen LogP contribution is 2.42. The number of nitrogens with one attached hydrogen (secondary N) is 1. The van der Waals surface area contributed by atoms with Crippen LogP contribution in [0.4, 0.5) is 0 Å². The van der Waals surface area contributed by atoms with E-state index in [9.17, 15) is 9.59 Å². The SMILES string of the molecule is CC1=C(C(=O)OC2CCCC2)C(c2ccc(C)cc2)C2=C(CCCC2=O)N1.